The van der Waals surface area contributed by atoms with Crippen molar-refractivity contribution in [2.24, 2.45) is 0 Å². The summed E-state index contributed by atoms with van der Waals surface area (Å²) < 4.78 is 4.75. The third-order valence-electron chi connectivity index (χ3n) is 9.88. The molecule has 0 atom stereocenters. The summed E-state index contributed by atoms with van der Waals surface area (Å²) in [5, 5.41) is 5.05. The Balaban J connectivity index is 1.28. The van der Waals surface area contributed by atoms with Crippen molar-refractivity contribution in [3.05, 3.63) is 139 Å². The van der Waals surface area contributed by atoms with Crippen molar-refractivity contribution in [2.45, 2.75) is 39.2 Å². The van der Waals surface area contributed by atoms with Gasteiger partial charge in [0.05, 0.1) is 34.0 Å². The molecule has 1 aliphatic rings. The molecule has 0 amide bonds. The highest BCUT2D eigenvalue weighted by molar-refractivity contribution is 6.10. The maximum Gasteiger partial charge on any atom is 0.138 e. The third-order valence-corrected chi connectivity index (χ3v) is 9.88. The molecule has 0 aliphatic carbocycles. The normalized spacial score (nSPS) is 14.1. The van der Waals surface area contributed by atoms with Crippen molar-refractivity contribution in [1.82, 2.24) is 14.1 Å². The van der Waals surface area contributed by atoms with Crippen molar-refractivity contribution in [3.8, 4) is 11.5 Å². The lowest BCUT2D eigenvalue weighted by Gasteiger charge is -2.44. The van der Waals surface area contributed by atoms with Crippen LogP contribution in [0.25, 0.3) is 55.1 Å². The van der Waals surface area contributed by atoms with Crippen molar-refractivity contribution >= 4 is 55.0 Å². The number of anilines is 2. The van der Waals surface area contributed by atoms with Crippen molar-refractivity contribution < 1.29 is 0 Å². The van der Waals surface area contributed by atoms with Crippen LogP contribution in [0, 0.1) is 0 Å². The van der Waals surface area contributed by atoms with Crippen LogP contribution in [0.15, 0.2) is 128 Å². The molecule has 0 N–H and O–H groups in total. The van der Waals surface area contributed by atoms with Crippen LogP contribution >= 0.6 is 0 Å². The number of hydrogen-bond acceptors (Lipinski definition) is 2. The maximum atomic E-state index is 5.15. The molecule has 1 aliphatic heterocycles. The van der Waals surface area contributed by atoms with E-state index in [1.54, 1.807) is 0 Å². The summed E-state index contributed by atoms with van der Waals surface area (Å²) in [6.07, 6.45) is 2.10. The zero-order valence-corrected chi connectivity index (χ0v) is 26.0. The first kappa shape index (κ1) is 26.1. The quantitative estimate of drug-likeness (QED) is 0.207. The SMILES string of the molecule is CC(C)N1c2ccc(-n3c4ccccc4c4ccccc43)cc2C(C)(C)c2cc(-n3c4ccccc4c4ccccc43)ncc21. The molecule has 0 unspecified atom stereocenters. The first-order chi connectivity index (χ1) is 21.9. The molecule has 4 nitrogen and oxygen atoms in total. The summed E-state index contributed by atoms with van der Waals surface area (Å²) in [6.45, 7) is 9.28. The van der Waals surface area contributed by atoms with Gasteiger partial charge in [0, 0.05) is 44.4 Å². The average molecular weight is 583 g/mol. The summed E-state index contributed by atoms with van der Waals surface area (Å²) in [4.78, 5) is 7.62. The highest BCUT2D eigenvalue weighted by atomic mass is 15.2. The largest absolute Gasteiger partial charge is 0.337 e. The summed E-state index contributed by atoms with van der Waals surface area (Å²) in [5.74, 6) is 0.949. The molecule has 218 valence electrons. The first-order valence-electron chi connectivity index (χ1n) is 15.8. The van der Waals surface area contributed by atoms with E-state index in [1.165, 1.54) is 71.8 Å². The summed E-state index contributed by atoms with van der Waals surface area (Å²) in [7, 11) is 0. The van der Waals surface area contributed by atoms with E-state index in [1.807, 2.05) is 0 Å². The lowest BCUT2D eigenvalue weighted by atomic mass is 9.73. The number of pyridine rings is 1. The van der Waals surface area contributed by atoms with Crippen LogP contribution in [0.1, 0.15) is 38.8 Å². The van der Waals surface area contributed by atoms with Gasteiger partial charge in [0.2, 0.25) is 0 Å². The monoisotopic (exact) mass is 582 g/mol. The van der Waals surface area contributed by atoms with E-state index in [0.717, 1.165) is 5.82 Å². The smallest absolute Gasteiger partial charge is 0.138 e. The molecule has 0 spiro atoms. The number of rotatable bonds is 3. The fourth-order valence-electron chi connectivity index (χ4n) is 7.83. The van der Waals surface area contributed by atoms with Gasteiger partial charge in [-0.3, -0.25) is 4.57 Å². The molecule has 0 saturated heterocycles. The molecule has 0 bridgehead atoms. The number of aromatic nitrogens is 3. The van der Waals surface area contributed by atoms with Crippen LogP contribution in [0.4, 0.5) is 11.4 Å². The molecule has 8 aromatic rings. The molecule has 3 aromatic heterocycles. The number of para-hydroxylation sites is 4. The molecular weight excluding hydrogens is 548 g/mol. The van der Waals surface area contributed by atoms with Crippen LogP contribution < -0.4 is 4.90 Å². The van der Waals surface area contributed by atoms with Crippen LogP contribution in [0.2, 0.25) is 0 Å². The average Bonchev–Trinajstić information content (AvgIpc) is 3.58. The number of fused-ring (bicyclic) bond motifs is 8. The lowest BCUT2D eigenvalue weighted by Crippen LogP contribution is -2.37. The van der Waals surface area contributed by atoms with Gasteiger partial charge in [0.1, 0.15) is 5.82 Å². The summed E-state index contributed by atoms with van der Waals surface area (Å²) in [5.41, 5.74) is 10.8. The Bertz CT molecular complexity index is 2180. The molecule has 4 heterocycles. The summed E-state index contributed by atoms with van der Waals surface area (Å²) in [6, 6.07) is 44.4. The topological polar surface area (TPSA) is 26.0 Å². The van der Waals surface area contributed by atoms with E-state index in [0.29, 0.717) is 0 Å². The highest BCUT2D eigenvalue weighted by Crippen LogP contribution is 2.51. The predicted molar refractivity (Wildman–Crippen MR) is 189 cm³/mol. The highest BCUT2D eigenvalue weighted by Gasteiger charge is 2.38. The van der Waals surface area contributed by atoms with Crippen LogP contribution in [0.5, 0.6) is 0 Å². The molecule has 0 saturated carbocycles. The Morgan fingerprint density at radius 2 is 1.00 bits per heavy atom. The van der Waals surface area contributed by atoms with Gasteiger partial charge in [-0.05, 0) is 73.5 Å². The second kappa shape index (κ2) is 9.33. The van der Waals surface area contributed by atoms with Gasteiger partial charge in [0.15, 0.2) is 0 Å². The zero-order chi connectivity index (χ0) is 30.4. The maximum absolute atomic E-state index is 5.15. The third kappa shape index (κ3) is 3.57. The van der Waals surface area contributed by atoms with E-state index < -0.39 is 0 Å². The van der Waals surface area contributed by atoms with E-state index in [-0.39, 0.29) is 11.5 Å². The van der Waals surface area contributed by atoms with Gasteiger partial charge >= 0.3 is 0 Å². The van der Waals surface area contributed by atoms with Crippen LogP contribution in [0.3, 0.4) is 0 Å². The molecule has 0 radical (unpaired) electrons. The minimum Gasteiger partial charge on any atom is -0.337 e. The van der Waals surface area contributed by atoms with Gasteiger partial charge in [0.25, 0.3) is 0 Å². The Morgan fingerprint density at radius 1 is 0.533 bits per heavy atom. The fraction of sp³-hybridized carbons (Fsp3) is 0.146. The van der Waals surface area contributed by atoms with E-state index in [4.69, 9.17) is 4.98 Å². The predicted octanol–water partition coefficient (Wildman–Crippen LogP) is 10.5. The van der Waals surface area contributed by atoms with Gasteiger partial charge < -0.3 is 9.47 Å². The van der Waals surface area contributed by atoms with Crippen molar-refractivity contribution in [3.63, 3.8) is 0 Å². The molecule has 5 aromatic carbocycles. The first-order valence-corrected chi connectivity index (χ1v) is 15.8. The van der Waals surface area contributed by atoms with Crippen LogP contribution in [-0.4, -0.2) is 20.2 Å². The molecule has 0 fully saturated rings. The number of nitrogens with zero attached hydrogens (tertiary/aromatic N) is 4. The van der Waals surface area contributed by atoms with Gasteiger partial charge in [-0.15, -0.1) is 0 Å². The minimum atomic E-state index is -0.263. The van der Waals surface area contributed by atoms with Gasteiger partial charge in [-0.2, -0.15) is 0 Å². The van der Waals surface area contributed by atoms with E-state index in [2.05, 4.69) is 169 Å². The summed E-state index contributed by atoms with van der Waals surface area (Å²) >= 11 is 0. The van der Waals surface area contributed by atoms with Gasteiger partial charge in [-0.1, -0.05) is 86.6 Å². The van der Waals surface area contributed by atoms with E-state index in [9.17, 15) is 0 Å². The van der Waals surface area contributed by atoms with Crippen LogP contribution in [-0.2, 0) is 5.41 Å². The minimum absolute atomic E-state index is 0.263. The fourth-order valence-corrected chi connectivity index (χ4v) is 7.83. The van der Waals surface area contributed by atoms with Crippen molar-refractivity contribution in [1.29, 1.82) is 0 Å². The molecular formula is C41H34N4. The Morgan fingerprint density at radius 3 is 1.51 bits per heavy atom. The molecule has 4 heteroatoms. The van der Waals surface area contributed by atoms with E-state index >= 15 is 0 Å². The molecule has 9 rings (SSSR count). The number of hydrogen-bond donors (Lipinski definition) is 0. The number of benzene rings is 5. The zero-order valence-electron chi connectivity index (χ0n) is 26.0. The van der Waals surface area contributed by atoms with Crippen molar-refractivity contribution in [2.75, 3.05) is 4.90 Å². The lowest BCUT2D eigenvalue weighted by molar-refractivity contribution is 0.610. The Labute approximate surface area is 262 Å². The Hall–Kier alpha value is -5.35. The molecule has 45 heavy (non-hydrogen) atoms. The standard InChI is InChI=1S/C41H34N4/c1-26(2)43-38-22-21-27(44-34-17-9-5-13-28(34)29-14-6-10-18-35(29)44)23-32(38)41(3,4)33-24-40(42-25-39(33)43)45-36-19-11-7-15-30(36)31-16-8-12-20-37(31)45/h5-26H,1-4H3. The second-order valence-corrected chi connectivity index (χ2v) is 13.1. The van der Waals surface area contributed by atoms with Gasteiger partial charge in [-0.25, -0.2) is 4.98 Å². The Kier molecular flexibility index (Phi) is 5.41. The second-order valence-electron chi connectivity index (χ2n) is 13.1.